The Kier molecular flexibility index (Phi) is 2.85. The number of aromatic nitrogens is 3. The van der Waals surface area contributed by atoms with Gasteiger partial charge in [-0.15, -0.1) is 10.2 Å². The monoisotopic (exact) mass is 220 g/mol. The average molecular weight is 220 g/mol. The Morgan fingerprint density at radius 1 is 1.44 bits per heavy atom. The summed E-state index contributed by atoms with van der Waals surface area (Å²) in [6.45, 7) is 2.81. The zero-order chi connectivity index (χ0) is 11.5. The minimum atomic E-state index is -0.370. The number of anilines is 1. The maximum Gasteiger partial charge on any atom is 0.166 e. The molecular weight excluding hydrogens is 207 g/mol. The fourth-order valence-electron chi connectivity index (χ4n) is 1.58. The molecule has 2 rings (SSSR count). The Bertz CT molecular complexity index is 492. The highest BCUT2D eigenvalue weighted by molar-refractivity contribution is 5.59. The van der Waals surface area contributed by atoms with Gasteiger partial charge in [-0.3, -0.25) is 0 Å². The van der Waals surface area contributed by atoms with Crippen molar-refractivity contribution in [3.05, 3.63) is 30.3 Å². The second-order valence-corrected chi connectivity index (χ2v) is 3.59. The summed E-state index contributed by atoms with van der Waals surface area (Å²) >= 11 is 0. The van der Waals surface area contributed by atoms with Crippen LogP contribution in [0, 0.1) is 5.82 Å². The van der Waals surface area contributed by atoms with Crippen LogP contribution >= 0.6 is 0 Å². The SMILES string of the molecule is CCCn1cnnc1-c1ccc(N)cc1F. The summed E-state index contributed by atoms with van der Waals surface area (Å²) in [6.07, 6.45) is 2.55. The molecule has 0 saturated carbocycles. The molecule has 1 heterocycles. The summed E-state index contributed by atoms with van der Waals surface area (Å²) in [6, 6.07) is 4.57. The van der Waals surface area contributed by atoms with Crippen LogP contribution in [0.4, 0.5) is 10.1 Å². The summed E-state index contributed by atoms with van der Waals surface area (Å²) < 4.78 is 15.5. The van der Waals surface area contributed by atoms with Crippen molar-refractivity contribution in [1.82, 2.24) is 14.8 Å². The van der Waals surface area contributed by atoms with Gasteiger partial charge < -0.3 is 10.3 Å². The first-order valence-corrected chi connectivity index (χ1v) is 5.15. The highest BCUT2D eigenvalue weighted by Gasteiger charge is 2.11. The number of halogens is 1. The molecule has 84 valence electrons. The first kappa shape index (κ1) is 10.6. The van der Waals surface area contributed by atoms with Gasteiger partial charge in [0.05, 0.1) is 5.56 Å². The van der Waals surface area contributed by atoms with E-state index in [1.165, 1.54) is 6.07 Å². The number of nitrogens with two attached hydrogens (primary N) is 1. The minimum absolute atomic E-state index is 0.370. The molecule has 0 aliphatic carbocycles. The van der Waals surface area contributed by atoms with Gasteiger partial charge in [0.1, 0.15) is 12.1 Å². The van der Waals surface area contributed by atoms with Gasteiger partial charge in [-0.2, -0.15) is 0 Å². The summed E-state index contributed by atoms with van der Waals surface area (Å²) in [7, 11) is 0. The predicted molar refractivity (Wildman–Crippen MR) is 60.1 cm³/mol. The van der Waals surface area contributed by atoms with Crippen molar-refractivity contribution in [2.24, 2.45) is 0 Å². The Labute approximate surface area is 92.9 Å². The first-order chi connectivity index (χ1) is 7.72. The Morgan fingerprint density at radius 2 is 2.25 bits per heavy atom. The van der Waals surface area contributed by atoms with Crippen molar-refractivity contribution in [1.29, 1.82) is 0 Å². The fraction of sp³-hybridized carbons (Fsp3) is 0.273. The maximum atomic E-state index is 13.7. The fourth-order valence-corrected chi connectivity index (χ4v) is 1.58. The van der Waals surface area contributed by atoms with Crippen molar-refractivity contribution in [3.8, 4) is 11.4 Å². The molecule has 0 unspecified atom stereocenters. The van der Waals surface area contributed by atoms with E-state index < -0.39 is 0 Å². The molecule has 4 nitrogen and oxygen atoms in total. The highest BCUT2D eigenvalue weighted by atomic mass is 19.1. The molecule has 0 radical (unpaired) electrons. The normalized spacial score (nSPS) is 10.6. The number of nitrogens with zero attached hydrogens (tertiary/aromatic N) is 3. The van der Waals surface area contributed by atoms with E-state index in [1.54, 1.807) is 18.5 Å². The Hall–Kier alpha value is -1.91. The molecule has 0 atom stereocenters. The van der Waals surface area contributed by atoms with E-state index in [-0.39, 0.29) is 5.82 Å². The lowest BCUT2D eigenvalue weighted by molar-refractivity contribution is 0.624. The van der Waals surface area contributed by atoms with E-state index in [2.05, 4.69) is 10.2 Å². The van der Waals surface area contributed by atoms with Crippen LogP contribution in [0.2, 0.25) is 0 Å². The van der Waals surface area contributed by atoms with Gasteiger partial charge in [0.15, 0.2) is 5.82 Å². The predicted octanol–water partition coefficient (Wildman–Crippen LogP) is 2.08. The van der Waals surface area contributed by atoms with Crippen LogP contribution in [0.5, 0.6) is 0 Å². The summed E-state index contributed by atoms with van der Waals surface area (Å²) in [5.41, 5.74) is 6.33. The first-order valence-electron chi connectivity index (χ1n) is 5.15. The number of hydrogen-bond acceptors (Lipinski definition) is 3. The zero-order valence-corrected chi connectivity index (χ0v) is 9.02. The maximum absolute atomic E-state index is 13.7. The van der Waals surface area contributed by atoms with Crippen molar-refractivity contribution in [3.63, 3.8) is 0 Å². The van der Waals surface area contributed by atoms with Gasteiger partial charge in [-0.05, 0) is 24.6 Å². The van der Waals surface area contributed by atoms with Crippen molar-refractivity contribution in [2.75, 3.05) is 5.73 Å². The van der Waals surface area contributed by atoms with Gasteiger partial charge in [-0.1, -0.05) is 6.92 Å². The number of hydrogen-bond donors (Lipinski definition) is 1. The molecular formula is C11H13FN4. The third-order valence-corrected chi connectivity index (χ3v) is 2.31. The molecule has 0 bridgehead atoms. The smallest absolute Gasteiger partial charge is 0.166 e. The second kappa shape index (κ2) is 4.30. The summed E-state index contributed by atoms with van der Waals surface area (Å²) in [4.78, 5) is 0. The average Bonchev–Trinajstić information content (AvgIpc) is 2.67. The number of aryl methyl sites for hydroxylation is 1. The van der Waals surface area contributed by atoms with Crippen LogP contribution in [0.25, 0.3) is 11.4 Å². The van der Waals surface area contributed by atoms with Crippen molar-refractivity contribution < 1.29 is 4.39 Å². The molecule has 2 N–H and O–H groups in total. The summed E-state index contributed by atoms with van der Waals surface area (Å²) in [5, 5.41) is 7.72. The van der Waals surface area contributed by atoms with Gasteiger partial charge in [-0.25, -0.2) is 4.39 Å². The molecule has 2 aromatic rings. The molecule has 5 heteroatoms. The van der Waals surface area contributed by atoms with Crippen LogP contribution in [0.3, 0.4) is 0 Å². The number of benzene rings is 1. The van der Waals surface area contributed by atoms with Crippen LogP contribution in [0.1, 0.15) is 13.3 Å². The molecule has 0 fully saturated rings. The molecule has 0 amide bonds. The molecule has 1 aromatic carbocycles. The van der Waals surface area contributed by atoms with Gasteiger partial charge in [0.2, 0.25) is 0 Å². The Balaban J connectivity index is 2.46. The lowest BCUT2D eigenvalue weighted by Crippen LogP contribution is -2.00. The van der Waals surface area contributed by atoms with Crippen LogP contribution in [-0.4, -0.2) is 14.8 Å². The van der Waals surface area contributed by atoms with E-state index >= 15 is 0 Å². The Morgan fingerprint density at radius 3 is 2.94 bits per heavy atom. The van der Waals surface area contributed by atoms with E-state index in [4.69, 9.17) is 5.73 Å². The lowest BCUT2D eigenvalue weighted by Gasteiger charge is -2.06. The molecule has 0 spiro atoms. The van der Waals surface area contributed by atoms with Gasteiger partial charge in [0.25, 0.3) is 0 Å². The van der Waals surface area contributed by atoms with Crippen LogP contribution in [-0.2, 0) is 6.54 Å². The van der Waals surface area contributed by atoms with E-state index in [1.807, 2.05) is 11.5 Å². The summed E-state index contributed by atoms with van der Waals surface area (Å²) in [5.74, 6) is 0.171. The van der Waals surface area contributed by atoms with Crippen LogP contribution in [0.15, 0.2) is 24.5 Å². The van der Waals surface area contributed by atoms with Crippen molar-refractivity contribution in [2.45, 2.75) is 19.9 Å². The van der Waals surface area contributed by atoms with Crippen molar-refractivity contribution >= 4 is 5.69 Å². The largest absolute Gasteiger partial charge is 0.399 e. The minimum Gasteiger partial charge on any atom is -0.399 e. The quantitative estimate of drug-likeness (QED) is 0.805. The molecule has 1 aromatic heterocycles. The van der Waals surface area contributed by atoms with Gasteiger partial charge in [0, 0.05) is 12.2 Å². The van der Waals surface area contributed by atoms with Gasteiger partial charge >= 0.3 is 0 Å². The molecule has 0 aliphatic heterocycles. The third kappa shape index (κ3) is 1.88. The topological polar surface area (TPSA) is 56.7 Å². The highest BCUT2D eigenvalue weighted by Crippen LogP contribution is 2.22. The van der Waals surface area contributed by atoms with E-state index in [0.717, 1.165) is 13.0 Å². The molecule has 0 aliphatic rings. The molecule has 16 heavy (non-hydrogen) atoms. The van der Waals surface area contributed by atoms with E-state index in [9.17, 15) is 4.39 Å². The van der Waals surface area contributed by atoms with Crippen LogP contribution < -0.4 is 5.73 Å². The zero-order valence-electron chi connectivity index (χ0n) is 9.02. The number of rotatable bonds is 3. The second-order valence-electron chi connectivity index (χ2n) is 3.59. The number of nitrogen functional groups attached to an aromatic ring is 1. The lowest BCUT2D eigenvalue weighted by atomic mass is 10.2. The van der Waals surface area contributed by atoms with E-state index in [0.29, 0.717) is 17.1 Å². The molecule has 0 saturated heterocycles. The third-order valence-electron chi connectivity index (χ3n) is 2.31. The standard InChI is InChI=1S/C11H13FN4/c1-2-5-16-7-14-15-11(16)9-4-3-8(13)6-10(9)12/h3-4,6-7H,2,5,13H2,1H3.